The van der Waals surface area contributed by atoms with Crippen LogP contribution in [-0.4, -0.2) is 46.1 Å². The molecule has 1 saturated carbocycles. The van der Waals surface area contributed by atoms with Crippen molar-refractivity contribution >= 4 is 39.3 Å². The van der Waals surface area contributed by atoms with Crippen molar-refractivity contribution in [1.82, 2.24) is 14.8 Å². The summed E-state index contributed by atoms with van der Waals surface area (Å²) >= 11 is 1.55. The smallest absolute Gasteiger partial charge is 0.242 e. The largest absolute Gasteiger partial charge is 0.337 e. The van der Waals surface area contributed by atoms with E-state index in [0.717, 1.165) is 47.3 Å². The molecule has 7 heteroatoms. The van der Waals surface area contributed by atoms with E-state index in [-0.39, 0.29) is 30.7 Å². The number of benzene rings is 1. The number of para-hydroxylation sites is 1. The topological polar surface area (TPSA) is 70.6 Å². The van der Waals surface area contributed by atoms with Crippen LogP contribution in [-0.2, 0) is 20.9 Å². The van der Waals surface area contributed by atoms with Crippen molar-refractivity contribution in [3.05, 3.63) is 29.3 Å². The first-order chi connectivity index (χ1) is 13.0. The summed E-state index contributed by atoms with van der Waals surface area (Å²) in [4.78, 5) is 45.2. The van der Waals surface area contributed by atoms with Gasteiger partial charge in [-0.2, -0.15) is 0 Å². The zero-order valence-corrected chi connectivity index (χ0v) is 16.3. The van der Waals surface area contributed by atoms with Crippen molar-refractivity contribution in [2.75, 3.05) is 13.6 Å². The fourth-order valence-corrected chi connectivity index (χ4v) is 5.19. The molecular formula is C20H23N3O3S. The molecule has 2 heterocycles. The number of hydrogen-bond acceptors (Lipinski definition) is 5. The molecule has 2 fully saturated rings. The zero-order valence-electron chi connectivity index (χ0n) is 15.4. The molecule has 2 aliphatic rings. The van der Waals surface area contributed by atoms with Gasteiger partial charge in [0.05, 0.1) is 22.2 Å². The molecule has 142 valence electrons. The molecule has 0 bridgehead atoms. The van der Waals surface area contributed by atoms with Gasteiger partial charge in [0.15, 0.2) is 0 Å². The van der Waals surface area contributed by atoms with Crippen LogP contribution in [0.15, 0.2) is 24.3 Å². The highest BCUT2D eigenvalue weighted by Gasteiger charge is 2.51. The Labute approximate surface area is 162 Å². The van der Waals surface area contributed by atoms with Crippen LogP contribution in [0.3, 0.4) is 0 Å². The van der Waals surface area contributed by atoms with Crippen LogP contribution in [0.2, 0.25) is 0 Å². The monoisotopic (exact) mass is 385 g/mol. The van der Waals surface area contributed by atoms with Crippen LogP contribution in [0.1, 0.15) is 43.5 Å². The Morgan fingerprint density at radius 1 is 1.22 bits per heavy atom. The minimum Gasteiger partial charge on any atom is -0.337 e. The summed E-state index contributed by atoms with van der Waals surface area (Å²) in [6.45, 7) is 0.209. The number of imide groups is 1. The Hall–Kier alpha value is -2.28. The number of fused-ring (bicyclic) bond motifs is 1. The lowest BCUT2D eigenvalue weighted by Gasteiger charge is -2.30. The second-order valence-corrected chi connectivity index (χ2v) is 8.74. The molecule has 27 heavy (non-hydrogen) atoms. The highest BCUT2D eigenvalue weighted by Crippen LogP contribution is 2.45. The van der Waals surface area contributed by atoms with Crippen LogP contribution in [0, 0.1) is 5.41 Å². The van der Waals surface area contributed by atoms with E-state index in [4.69, 9.17) is 0 Å². The molecule has 1 aromatic carbocycles. The van der Waals surface area contributed by atoms with E-state index in [9.17, 15) is 14.4 Å². The van der Waals surface area contributed by atoms with E-state index in [1.807, 2.05) is 24.3 Å². The number of thiazole rings is 1. The molecule has 1 saturated heterocycles. The Morgan fingerprint density at radius 2 is 1.96 bits per heavy atom. The summed E-state index contributed by atoms with van der Waals surface area (Å²) in [5.74, 6) is -0.582. The SMILES string of the molecule is CN(Cc1nc2ccccc2s1)C(=O)CN1C(=O)CC2(CCCCC2)C1=O. The maximum absolute atomic E-state index is 12.9. The van der Waals surface area contributed by atoms with Crippen LogP contribution in [0.25, 0.3) is 10.2 Å². The van der Waals surface area contributed by atoms with Crippen LogP contribution in [0.4, 0.5) is 0 Å². The third kappa shape index (κ3) is 3.36. The fraction of sp³-hybridized carbons (Fsp3) is 0.500. The predicted octanol–water partition coefficient (Wildman–Crippen LogP) is 2.96. The van der Waals surface area contributed by atoms with Gasteiger partial charge < -0.3 is 4.90 Å². The van der Waals surface area contributed by atoms with Crippen molar-refractivity contribution in [3.8, 4) is 0 Å². The molecule has 0 unspecified atom stereocenters. The number of aromatic nitrogens is 1. The van der Waals surface area contributed by atoms with Gasteiger partial charge in [-0.05, 0) is 25.0 Å². The number of carbonyl (C=O) groups is 3. The average molecular weight is 385 g/mol. The minimum absolute atomic E-state index is 0.145. The molecule has 1 spiro atoms. The van der Waals surface area contributed by atoms with Crippen molar-refractivity contribution in [3.63, 3.8) is 0 Å². The molecule has 1 aliphatic heterocycles. The maximum atomic E-state index is 12.9. The van der Waals surface area contributed by atoms with E-state index in [0.29, 0.717) is 6.54 Å². The summed E-state index contributed by atoms with van der Waals surface area (Å²) in [7, 11) is 1.69. The maximum Gasteiger partial charge on any atom is 0.242 e. The van der Waals surface area contributed by atoms with E-state index >= 15 is 0 Å². The Morgan fingerprint density at radius 3 is 2.70 bits per heavy atom. The number of hydrogen-bond donors (Lipinski definition) is 0. The van der Waals surface area contributed by atoms with Gasteiger partial charge in [0.25, 0.3) is 0 Å². The van der Waals surface area contributed by atoms with Gasteiger partial charge in [0.1, 0.15) is 11.6 Å². The first-order valence-corrected chi connectivity index (χ1v) is 10.2. The molecule has 2 aromatic rings. The predicted molar refractivity (Wildman–Crippen MR) is 103 cm³/mol. The van der Waals surface area contributed by atoms with Crippen molar-refractivity contribution in [1.29, 1.82) is 0 Å². The van der Waals surface area contributed by atoms with E-state index in [1.54, 1.807) is 23.3 Å². The summed E-state index contributed by atoms with van der Waals surface area (Å²) in [6.07, 6.45) is 4.89. The van der Waals surface area contributed by atoms with Gasteiger partial charge in [0, 0.05) is 13.5 Å². The zero-order chi connectivity index (χ0) is 19.0. The lowest BCUT2D eigenvalue weighted by molar-refractivity contribution is -0.147. The second-order valence-electron chi connectivity index (χ2n) is 7.63. The molecule has 1 aromatic heterocycles. The molecule has 6 nitrogen and oxygen atoms in total. The van der Waals surface area contributed by atoms with Crippen molar-refractivity contribution in [2.45, 2.75) is 45.1 Å². The lowest BCUT2D eigenvalue weighted by atomic mass is 9.73. The summed E-state index contributed by atoms with van der Waals surface area (Å²) in [5, 5.41) is 0.842. The third-order valence-corrected chi connectivity index (χ3v) is 6.75. The number of nitrogens with zero attached hydrogens (tertiary/aromatic N) is 3. The summed E-state index contributed by atoms with van der Waals surface area (Å²) < 4.78 is 1.08. The number of amides is 3. The number of rotatable bonds is 4. The lowest BCUT2D eigenvalue weighted by Crippen LogP contribution is -2.43. The Kier molecular flexibility index (Phi) is 4.72. The van der Waals surface area contributed by atoms with Gasteiger partial charge in [-0.3, -0.25) is 19.3 Å². The Balaban J connectivity index is 1.42. The minimum atomic E-state index is -0.540. The van der Waals surface area contributed by atoms with Gasteiger partial charge >= 0.3 is 0 Å². The molecule has 0 N–H and O–H groups in total. The molecule has 0 radical (unpaired) electrons. The van der Waals surface area contributed by atoms with Gasteiger partial charge in [0.2, 0.25) is 17.7 Å². The molecule has 1 aliphatic carbocycles. The molecule has 3 amide bonds. The quantitative estimate of drug-likeness (QED) is 0.759. The van der Waals surface area contributed by atoms with Crippen molar-refractivity contribution in [2.24, 2.45) is 5.41 Å². The summed E-state index contributed by atoms with van der Waals surface area (Å²) in [5.41, 5.74) is 0.379. The second kappa shape index (κ2) is 7.03. The normalized spacial score (nSPS) is 19.2. The fourth-order valence-electron chi connectivity index (χ4n) is 4.17. The molecule has 4 rings (SSSR count). The van der Waals surface area contributed by atoms with Crippen LogP contribution >= 0.6 is 11.3 Å². The van der Waals surface area contributed by atoms with Crippen LogP contribution < -0.4 is 0 Å². The van der Waals surface area contributed by atoms with E-state index in [2.05, 4.69) is 4.98 Å². The average Bonchev–Trinajstić information content (AvgIpc) is 3.16. The summed E-state index contributed by atoms with van der Waals surface area (Å²) in [6, 6.07) is 7.85. The Bertz CT molecular complexity index is 868. The number of likely N-dealkylation sites (tertiary alicyclic amines) is 1. The first-order valence-electron chi connectivity index (χ1n) is 9.42. The third-order valence-electron chi connectivity index (χ3n) is 5.73. The van der Waals surface area contributed by atoms with E-state index in [1.165, 1.54) is 4.90 Å². The standard InChI is InChI=1S/C20H23N3O3S/c1-22(12-16-21-14-7-3-4-8-15(14)27-16)18(25)13-23-17(24)11-20(19(23)26)9-5-2-6-10-20/h3-4,7-8H,2,5-6,9-13H2,1H3. The highest BCUT2D eigenvalue weighted by atomic mass is 32.1. The molecule has 0 atom stereocenters. The van der Waals surface area contributed by atoms with E-state index < -0.39 is 5.41 Å². The number of carbonyl (C=O) groups excluding carboxylic acids is 3. The number of likely N-dealkylation sites (N-methyl/N-ethyl adjacent to an activating group) is 1. The van der Waals surface area contributed by atoms with Gasteiger partial charge in [-0.15, -0.1) is 11.3 Å². The van der Waals surface area contributed by atoms with Gasteiger partial charge in [-0.25, -0.2) is 4.98 Å². The van der Waals surface area contributed by atoms with Crippen LogP contribution in [0.5, 0.6) is 0 Å². The molecular weight excluding hydrogens is 362 g/mol. The van der Waals surface area contributed by atoms with Gasteiger partial charge in [-0.1, -0.05) is 31.4 Å². The first kappa shape index (κ1) is 18.1. The van der Waals surface area contributed by atoms with Crippen molar-refractivity contribution < 1.29 is 14.4 Å². The highest BCUT2D eigenvalue weighted by molar-refractivity contribution is 7.18.